The van der Waals surface area contributed by atoms with Crippen molar-refractivity contribution in [3.8, 4) is 0 Å². The molecule has 2 heteroatoms. The van der Waals surface area contributed by atoms with Crippen LogP contribution in [0.25, 0.3) is 0 Å². The van der Waals surface area contributed by atoms with E-state index in [1.165, 1.54) is 32.1 Å². The van der Waals surface area contributed by atoms with Gasteiger partial charge in [-0.3, -0.25) is 0 Å². The lowest BCUT2D eigenvalue weighted by molar-refractivity contribution is -0.0506. The Labute approximate surface area is 207 Å². The molecule has 2 atom stereocenters. The third-order valence-electron chi connectivity index (χ3n) is 6.86. The SMILES string of the molecule is CC(CC1CCCC1)C(/C=C/I)OC(c1ccccc1)(c1ccccc1)c1ccccc1. The van der Waals surface area contributed by atoms with E-state index in [1.807, 2.05) is 0 Å². The van der Waals surface area contributed by atoms with E-state index in [9.17, 15) is 0 Å². The van der Waals surface area contributed by atoms with E-state index in [0.29, 0.717) is 5.92 Å². The van der Waals surface area contributed by atoms with Crippen molar-refractivity contribution in [3.63, 3.8) is 0 Å². The fraction of sp³-hybridized carbons (Fsp3) is 0.333. The van der Waals surface area contributed by atoms with E-state index >= 15 is 0 Å². The molecule has 0 spiro atoms. The summed E-state index contributed by atoms with van der Waals surface area (Å²) in [7, 11) is 0. The smallest absolute Gasteiger partial charge is 0.144 e. The Morgan fingerprint density at radius 3 is 1.66 bits per heavy atom. The normalized spacial score (nSPS) is 16.9. The lowest BCUT2D eigenvalue weighted by Gasteiger charge is -2.40. The van der Waals surface area contributed by atoms with Gasteiger partial charge >= 0.3 is 0 Å². The van der Waals surface area contributed by atoms with Gasteiger partial charge in [-0.1, -0.05) is 146 Å². The minimum Gasteiger partial charge on any atom is -0.353 e. The summed E-state index contributed by atoms with van der Waals surface area (Å²) < 4.78 is 9.44. The minimum absolute atomic E-state index is 0.0214. The second-order valence-electron chi connectivity index (χ2n) is 9.04. The summed E-state index contributed by atoms with van der Waals surface area (Å²) in [6, 6.07) is 32.1. The summed E-state index contributed by atoms with van der Waals surface area (Å²) in [4.78, 5) is 0. The molecular formula is C30H33IO. The van der Waals surface area contributed by atoms with Gasteiger partial charge in [0, 0.05) is 0 Å². The number of benzene rings is 3. The first-order valence-corrected chi connectivity index (χ1v) is 13.1. The zero-order valence-electron chi connectivity index (χ0n) is 18.9. The molecule has 0 bridgehead atoms. The van der Waals surface area contributed by atoms with Crippen LogP contribution in [0.2, 0.25) is 0 Å². The van der Waals surface area contributed by atoms with Crippen molar-refractivity contribution in [2.45, 2.75) is 50.7 Å². The summed E-state index contributed by atoms with van der Waals surface area (Å²) in [5, 5.41) is 0. The molecule has 0 N–H and O–H groups in total. The van der Waals surface area contributed by atoms with Crippen LogP contribution in [0.15, 0.2) is 101 Å². The molecule has 1 aliphatic carbocycles. The molecule has 1 fully saturated rings. The number of halogens is 1. The maximum atomic E-state index is 7.32. The number of ether oxygens (including phenoxy) is 1. The van der Waals surface area contributed by atoms with Gasteiger partial charge in [-0.2, -0.15) is 0 Å². The second-order valence-corrected chi connectivity index (χ2v) is 9.76. The molecule has 32 heavy (non-hydrogen) atoms. The number of hydrogen-bond acceptors (Lipinski definition) is 1. The fourth-order valence-electron chi connectivity index (χ4n) is 5.25. The van der Waals surface area contributed by atoms with Crippen LogP contribution in [0, 0.1) is 11.8 Å². The van der Waals surface area contributed by atoms with E-state index < -0.39 is 5.60 Å². The first-order valence-electron chi connectivity index (χ1n) is 11.9. The predicted octanol–water partition coefficient (Wildman–Crippen LogP) is 8.53. The summed E-state index contributed by atoms with van der Waals surface area (Å²) >= 11 is 2.34. The van der Waals surface area contributed by atoms with Gasteiger partial charge in [-0.25, -0.2) is 0 Å². The lowest BCUT2D eigenvalue weighted by Crippen LogP contribution is -2.38. The standard InChI is InChI=1S/C30H33IO/c1-24(23-25-13-11-12-14-25)29(21-22-31)32-30(26-15-5-2-6-16-26,27-17-7-3-8-18-27)28-19-9-4-10-20-28/h2-10,15-22,24-25,29H,11-14,23H2,1H3/b22-21+. The molecule has 0 aliphatic heterocycles. The highest BCUT2D eigenvalue weighted by atomic mass is 127. The van der Waals surface area contributed by atoms with Gasteiger partial charge in [0.05, 0.1) is 6.10 Å². The highest BCUT2D eigenvalue weighted by Crippen LogP contribution is 2.43. The van der Waals surface area contributed by atoms with Crippen LogP contribution >= 0.6 is 22.6 Å². The molecule has 0 saturated heterocycles. The van der Waals surface area contributed by atoms with E-state index in [-0.39, 0.29) is 6.10 Å². The highest BCUT2D eigenvalue weighted by Gasteiger charge is 2.40. The lowest BCUT2D eigenvalue weighted by atomic mass is 9.79. The van der Waals surface area contributed by atoms with Gasteiger partial charge < -0.3 is 4.74 Å². The molecular weight excluding hydrogens is 503 g/mol. The van der Waals surface area contributed by atoms with Gasteiger partial charge in [0.25, 0.3) is 0 Å². The molecule has 1 saturated carbocycles. The van der Waals surface area contributed by atoms with Crippen molar-refractivity contribution in [2.75, 3.05) is 0 Å². The van der Waals surface area contributed by atoms with Crippen molar-refractivity contribution in [1.29, 1.82) is 0 Å². The summed E-state index contributed by atoms with van der Waals surface area (Å²) in [5.74, 6) is 1.28. The monoisotopic (exact) mass is 536 g/mol. The van der Waals surface area contributed by atoms with Crippen LogP contribution in [-0.2, 0) is 10.3 Å². The van der Waals surface area contributed by atoms with Gasteiger partial charge in [-0.15, -0.1) is 0 Å². The van der Waals surface area contributed by atoms with Crippen molar-refractivity contribution >= 4 is 22.6 Å². The van der Waals surface area contributed by atoms with E-state index in [1.54, 1.807) is 0 Å². The minimum atomic E-state index is -0.672. The molecule has 3 aromatic carbocycles. The van der Waals surface area contributed by atoms with Gasteiger partial charge in [0.2, 0.25) is 0 Å². The molecule has 166 valence electrons. The predicted molar refractivity (Wildman–Crippen MR) is 143 cm³/mol. The molecule has 2 unspecified atom stereocenters. The highest BCUT2D eigenvalue weighted by molar-refractivity contribution is 14.1. The third kappa shape index (κ3) is 5.18. The van der Waals surface area contributed by atoms with Gasteiger partial charge in [0.15, 0.2) is 0 Å². The van der Waals surface area contributed by atoms with E-state index in [0.717, 1.165) is 22.6 Å². The summed E-state index contributed by atoms with van der Waals surface area (Å²) in [6.07, 6.45) is 9.00. The largest absolute Gasteiger partial charge is 0.353 e. The Morgan fingerprint density at radius 2 is 1.25 bits per heavy atom. The van der Waals surface area contributed by atoms with Crippen LogP contribution in [0.5, 0.6) is 0 Å². The zero-order valence-corrected chi connectivity index (χ0v) is 21.0. The topological polar surface area (TPSA) is 9.23 Å². The average Bonchev–Trinajstić information content (AvgIpc) is 3.36. The molecule has 1 nitrogen and oxygen atoms in total. The van der Waals surface area contributed by atoms with Crippen LogP contribution in [-0.4, -0.2) is 6.10 Å². The van der Waals surface area contributed by atoms with Crippen LogP contribution in [0.1, 0.15) is 55.7 Å². The summed E-state index contributed by atoms with van der Waals surface area (Å²) in [6.45, 7) is 2.37. The number of rotatable bonds is 9. The third-order valence-corrected chi connectivity index (χ3v) is 7.27. The van der Waals surface area contributed by atoms with Crippen LogP contribution < -0.4 is 0 Å². The van der Waals surface area contributed by atoms with Crippen molar-refractivity contribution in [2.24, 2.45) is 11.8 Å². The maximum Gasteiger partial charge on any atom is 0.144 e. The maximum absolute atomic E-state index is 7.32. The average molecular weight is 536 g/mol. The Kier molecular flexibility index (Phi) is 8.20. The van der Waals surface area contributed by atoms with E-state index in [4.69, 9.17) is 4.74 Å². The quantitative estimate of drug-likeness (QED) is 0.197. The van der Waals surface area contributed by atoms with Crippen LogP contribution in [0.4, 0.5) is 0 Å². The van der Waals surface area contributed by atoms with Gasteiger partial charge in [0.1, 0.15) is 5.60 Å². The second kappa shape index (κ2) is 11.3. The molecule has 0 radical (unpaired) electrons. The van der Waals surface area contributed by atoms with E-state index in [2.05, 4.69) is 131 Å². The Balaban J connectivity index is 1.82. The number of hydrogen-bond donors (Lipinski definition) is 0. The van der Waals surface area contributed by atoms with Crippen molar-refractivity contribution in [3.05, 3.63) is 118 Å². The first-order chi connectivity index (χ1) is 15.7. The molecule has 4 rings (SSSR count). The first kappa shape index (κ1) is 23.3. The van der Waals surface area contributed by atoms with Crippen molar-refractivity contribution in [1.82, 2.24) is 0 Å². The Morgan fingerprint density at radius 1 is 0.812 bits per heavy atom. The summed E-state index contributed by atoms with van der Waals surface area (Å²) in [5.41, 5.74) is 2.82. The van der Waals surface area contributed by atoms with Crippen LogP contribution in [0.3, 0.4) is 0 Å². The molecule has 0 aromatic heterocycles. The molecule has 0 heterocycles. The Bertz CT molecular complexity index is 865. The fourth-order valence-corrected chi connectivity index (χ4v) is 5.66. The van der Waals surface area contributed by atoms with Crippen molar-refractivity contribution < 1.29 is 4.74 Å². The zero-order chi connectivity index (χ0) is 22.2. The molecule has 3 aromatic rings. The van der Waals surface area contributed by atoms with Gasteiger partial charge in [-0.05, 0) is 45.1 Å². The molecule has 1 aliphatic rings. The molecule has 0 amide bonds. The Hall–Kier alpha value is -1.91.